The van der Waals surface area contributed by atoms with Crippen LogP contribution in [0.2, 0.25) is 0 Å². The van der Waals surface area contributed by atoms with Gasteiger partial charge in [0.2, 0.25) is 0 Å². The maximum Gasteiger partial charge on any atom is 0.306 e. The summed E-state index contributed by atoms with van der Waals surface area (Å²) in [6.07, 6.45) is 9.23. The number of carboxylic acids is 1. The van der Waals surface area contributed by atoms with E-state index in [2.05, 4.69) is 15.3 Å². The number of aromatic nitrogens is 3. The molecule has 7 heteroatoms. The summed E-state index contributed by atoms with van der Waals surface area (Å²) in [7, 11) is 0. The van der Waals surface area contributed by atoms with Crippen molar-refractivity contribution in [3.8, 4) is 5.82 Å². The number of carbonyl (C=O) groups is 2. The topological polar surface area (TPSA) is 97.1 Å². The van der Waals surface area contributed by atoms with Gasteiger partial charge in [0.05, 0.1) is 11.5 Å². The molecule has 2 N–H and O–H groups in total. The molecule has 1 amide bonds. The number of nitrogens with one attached hydrogen (secondary N) is 1. The van der Waals surface area contributed by atoms with E-state index in [9.17, 15) is 9.59 Å². The van der Waals surface area contributed by atoms with Crippen LogP contribution >= 0.6 is 0 Å². The number of amides is 1. The molecule has 3 rings (SSSR count). The molecule has 0 aromatic carbocycles. The van der Waals surface area contributed by atoms with Crippen LogP contribution in [0.15, 0.2) is 37.1 Å². The van der Waals surface area contributed by atoms with Crippen LogP contribution in [-0.4, -0.2) is 37.6 Å². The number of aliphatic carboxylic acids is 1. The third kappa shape index (κ3) is 3.56. The molecule has 2 aromatic rings. The molecule has 0 atom stereocenters. The normalized spacial score (nSPS) is 20.9. The quantitative estimate of drug-likeness (QED) is 0.894. The highest BCUT2D eigenvalue weighted by Gasteiger charge is 2.26. The van der Waals surface area contributed by atoms with Gasteiger partial charge in [-0.25, -0.2) is 9.97 Å². The lowest BCUT2D eigenvalue weighted by Gasteiger charge is -2.26. The lowest BCUT2D eigenvalue weighted by molar-refractivity contribution is -0.142. The van der Waals surface area contributed by atoms with Crippen molar-refractivity contribution in [1.82, 2.24) is 19.9 Å². The van der Waals surface area contributed by atoms with E-state index in [0.29, 0.717) is 37.1 Å². The molecule has 2 aromatic heterocycles. The summed E-state index contributed by atoms with van der Waals surface area (Å²) in [5, 5.41) is 11.9. The number of pyridine rings is 1. The molecule has 2 heterocycles. The first-order valence-corrected chi connectivity index (χ1v) is 7.61. The third-order valence-electron chi connectivity index (χ3n) is 4.19. The van der Waals surface area contributed by atoms with Gasteiger partial charge in [-0.15, -0.1) is 0 Å². The summed E-state index contributed by atoms with van der Waals surface area (Å²) in [6, 6.07) is 3.52. The average Bonchev–Trinajstić information content (AvgIpc) is 3.10. The van der Waals surface area contributed by atoms with Gasteiger partial charge in [0.25, 0.3) is 5.91 Å². The Morgan fingerprint density at radius 1 is 1.22 bits per heavy atom. The van der Waals surface area contributed by atoms with Gasteiger partial charge >= 0.3 is 5.97 Å². The highest BCUT2D eigenvalue weighted by atomic mass is 16.4. The molecule has 0 saturated heterocycles. The van der Waals surface area contributed by atoms with Gasteiger partial charge in [0.15, 0.2) is 0 Å². The predicted molar refractivity (Wildman–Crippen MR) is 82.2 cm³/mol. The van der Waals surface area contributed by atoms with E-state index in [-0.39, 0.29) is 17.9 Å². The SMILES string of the molecule is O=C(NC1CCC(C(=O)O)CC1)c1ccc(-n2ccnc2)nc1. The number of nitrogens with zero attached hydrogens (tertiary/aromatic N) is 3. The summed E-state index contributed by atoms with van der Waals surface area (Å²) in [5.74, 6) is -0.497. The van der Waals surface area contributed by atoms with Gasteiger partial charge in [0.1, 0.15) is 12.1 Å². The molecule has 0 bridgehead atoms. The standard InChI is InChI=1S/C16H18N4O3/c21-15(19-13-4-1-11(2-5-13)16(22)23)12-3-6-14(18-9-12)20-8-7-17-10-20/h3,6-11,13H,1-2,4-5H2,(H,19,21)(H,22,23). The molecule has 0 spiro atoms. The number of carboxylic acid groups (broad SMARTS) is 1. The molecular formula is C16H18N4O3. The molecule has 23 heavy (non-hydrogen) atoms. The van der Waals surface area contributed by atoms with E-state index in [0.717, 1.165) is 0 Å². The first-order chi connectivity index (χ1) is 11.1. The number of carbonyl (C=O) groups excluding carboxylic acids is 1. The summed E-state index contributed by atoms with van der Waals surface area (Å²) < 4.78 is 1.76. The number of rotatable bonds is 4. The minimum atomic E-state index is -0.742. The Morgan fingerprint density at radius 2 is 2.00 bits per heavy atom. The Labute approximate surface area is 133 Å². The number of hydrogen-bond acceptors (Lipinski definition) is 4. The van der Waals surface area contributed by atoms with E-state index >= 15 is 0 Å². The molecular weight excluding hydrogens is 296 g/mol. The first kappa shape index (κ1) is 15.2. The monoisotopic (exact) mass is 314 g/mol. The number of hydrogen-bond donors (Lipinski definition) is 2. The molecule has 0 unspecified atom stereocenters. The molecule has 1 fully saturated rings. The Hall–Kier alpha value is -2.70. The van der Waals surface area contributed by atoms with Gasteiger partial charge in [-0.1, -0.05) is 0 Å². The van der Waals surface area contributed by atoms with Crippen LogP contribution in [0.25, 0.3) is 5.82 Å². The van der Waals surface area contributed by atoms with Crippen molar-refractivity contribution in [1.29, 1.82) is 0 Å². The van der Waals surface area contributed by atoms with Crippen molar-refractivity contribution >= 4 is 11.9 Å². The Bertz CT molecular complexity index is 674. The van der Waals surface area contributed by atoms with Crippen LogP contribution in [0.4, 0.5) is 0 Å². The van der Waals surface area contributed by atoms with E-state index in [1.165, 1.54) is 6.20 Å². The maximum absolute atomic E-state index is 12.2. The van der Waals surface area contributed by atoms with Crippen molar-refractivity contribution < 1.29 is 14.7 Å². The van der Waals surface area contributed by atoms with Crippen LogP contribution < -0.4 is 5.32 Å². The van der Waals surface area contributed by atoms with Gasteiger partial charge in [-0.3, -0.25) is 14.2 Å². The van der Waals surface area contributed by atoms with Crippen LogP contribution in [0.1, 0.15) is 36.0 Å². The van der Waals surface area contributed by atoms with E-state index in [1.807, 2.05) is 0 Å². The second-order valence-corrected chi connectivity index (χ2v) is 5.74. The minimum Gasteiger partial charge on any atom is -0.481 e. The Balaban J connectivity index is 1.57. The number of imidazole rings is 1. The Kier molecular flexibility index (Phi) is 4.36. The smallest absolute Gasteiger partial charge is 0.306 e. The highest BCUT2D eigenvalue weighted by molar-refractivity contribution is 5.94. The first-order valence-electron chi connectivity index (χ1n) is 7.61. The van der Waals surface area contributed by atoms with Crippen molar-refractivity contribution in [2.45, 2.75) is 31.7 Å². The molecule has 1 saturated carbocycles. The summed E-state index contributed by atoms with van der Waals surface area (Å²) >= 11 is 0. The van der Waals surface area contributed by atoms with Crippen LogP contribution in [0.3, 0.4) is 0 Å². The molecule has 7 nitrogen and oxygen atoms in total. The second kappa shape index (κ2) is 6.60. The van der Waals surface area contributed by atoms with E-state index < -0.39 is 5.97 Å². The maximum atomic E-state index is 12.2. The fraction of sp³-hybridized carbons (Fsp3) is 0.375. The van der Waals surface area contributed by atoms with Crippen LogP contribution in [-0.2, 0) is 4.79 Å². The average molecular weight is 314 g/mol. The van der Waals surface area contributed by atoms with Gasteiger partial charge in [-0.05, 0) is 37.8 Å². The summed E-state index contributed by atoms with van der Waals surface area (Å²) in [4.78, 5) is 31.4. The fourth-order valence-electron chi connectivity index (χ4n) is 2.82. The molecule has 120 valence electrons. The summed E-state index contributed by atoms with van der Waals surface area (Å²) in [5.41, 5.74) is 0.495. The zero-order valence-corrected chi connectivity index (χ0v) is 12.6. The highest BCUT2D eigenvalue weighted by Crippen LogP contribution is 2.24. The van der Waals surface area contributed by atoms with Crippen molar-refractivity contribution in [2.24, 2.45) is 5.92 Å². The van der Waals surface area contributed by atoms with Crippen molar-refractivity contribution in [3.63, 3.8) is 0 Å². The van der Waals surface area contributed by atoms with Gasteiger partial charge < -0.3 is 10.4 Å². The largest absolute Gasteiger partial charge is 0.481 e. The zero-order valence-electron chi connectivity index (χ0n) is 12.6. The van der Waals surface area contributed by atoms with Gasteiger partial charge in [-0.2, -0.15) is 0 Å². The molecule has 0 aliphatic heterocycles. The minimum absolute atomic E-state index is 0.0337. The second-order valence-electron chi connectivity index (χ2n) is 5.74. The van der Waals surface area contributed by atoms with E-state index in [1.54, 1.807) is 35.4 Å². The van der Waals surface area contributed by atoms with Crippen LogP contribution in [0, 0.1) is 5.92 Å². The van der Waals surface area contributed by atoms with Crippen molar-refractivity contribution in [2.75, 3.05) is 0 Å². The summed E-state index contributed by atoms with van der Waals surface area (Å²) in [6.45, 7) is 0. The zero-order chi connectivity index (χ0) is 16.2. The molecule has 1 aliphatic carbocycles. The fourth-order valence-corrected chi connectivity index (χ4v) is 2.82. The van der Waals surface area contributed by atoms with Gasteiger partial charge in [0, 0.05) is 24.6 Å². The third-order valence-corrected chi connectivity index (χ3v) is 4.19. The predicted octanol–water partition coefficient (Wildman–Crippen LogP) is 1.64. The van der Waals surface area contributed by atoms with Crippen LogP contribution in [0.5, 0.6) is 0 Å². The lowest BCUT2D eigenvalue weighted by atomic mass is 9.86. The lowest BCUT2D eigenvalue weighted by Crippen LogP contribution is -2.38. The molecule has 1 aliphatic rings. The van der Waals surface area contributed by atoms with Crippen molar-refractivity contribution in [3.05, 3.63) is 42.6 Å². The Morgan fingerprint density at radius 3 is 2.57 bits per heavy atom. The van der Waals surface area contributed by atoms with E-state index in [4.69, 9.17) is 5.11 Å². The molecule has 0 radical (unpaired) electrons.